The quantitative estimate of drug-likeness (QED) is 0.488. The summed E-state index contributed by atoms with van der Waals surface area (Å²) < 4.78 is 13.2. The number of phenols is 1. The molecule has 0 radical (unpaired) electrons. The van der Waals surface area contributed by atoms with Crippen LogP contribution in [0.25, 0.3) is 22.2 Å². The van der Waals surface area contributed by atoms with E-state index in [9.17, 15) is 9.50 Å². The molecular weight excluding hydrogens is 315 g/mol. The summed E-state index contributed by atoms with van der Waals surface area (Å²) in [4.78, 5) is 4.69. The van der Waals surface area contributed by atoms with E-state index in [1.165, 1.54) is 12.1 Å². The molecule has 4 rings (SSSR count). The number of pyridine rings is 1. The summed E-state index contributed by atoms with van der Waals surface area (Å²) in [6.07, 6.45) is 0. The van der Waals surface area contributed by atoms with E-state index in [0.717, 1.165) is 33.5 Å². The third-order valence-electron chi connectivity index (χ3n) is 4.00. The molecule has 0 amide bonds. The Hall–Kier alpha value is -3.40. The van der Waals surface area contributed by atoms with Crippen LogP contribution in [-0.4, -0.2) is 10.1 Å². The Labute approximate surface area is 144 Å². The second-order valence-corrected chi connectivity index (χ2v) is 5.75. The molecule has 4 aromatic rings. The van der Waals surface area contributed by atoms with Crippen molar-refractivity contribution in [3.05, 3.63) is 84.7 Å². The van der Waals surface area contributed by atoms with Gasteiger partial charge in [-0.3, -0.25) is 0 Å². The number of fused-ring (bicyclic) bond motifs is 1. The first-order valence-corrected chi connectivity index (χ1v) is 7.91. The highest BCUT2D eigenvalue weighted by Gasteiger charge is 2.08. The minimum atomic E-state index is -0.271. The van der Waals surface area contributed by atoms with Crippen molar-refractivity contribution in [1.82, 2.24) is 4.98 Å². The van der Waals surface area contributed by atoms with Crippen LogP contribution in [0.3, 0.4) is 0 Å². The Balaban J connectivity index is 1.83. The molecule has 1 aromatic heterocycles. The maximum atomic E-state index is 13.2. The number of nitrogens with one attached hydrogen (secondary N) is 1. The average Bonchev–Trinajstić information content (AvgIpc) is 2.64. The highest BCUT2D eigenvalue weighted by Crippen LogP contribution is 2.30. The number of anilines is 2. The topological polar surface area (TPSA) is 45.1 Å². The monoisotopic (exact) mass is 330 g/mol. The number of aromatic nitrogens is 1. The molecule has 0 spiro atoms. The standard InChI is InChI=1S/C21H15FN2O/c22-15-7-5-14(6-8-15)20-13-21(18-3-1-2-4-19(18)24-20)23-16-9-11-17(25)12-10-16/h1-13,25H,(H,23,24). The van der Waals surface area contributed by atoms with Gasteiger partial charge in [-0.1, -0.05) is 18.2 Å². The lowest BCUT2D eigenvalue weighted by molar-refractivity contribution is 0.475. The van der Waals surface area contributed by atoms with Crippen molar-refractivity contribution in [2.24, 2.45) is 0 Å². The molecule has 0 aliphatic carbocycles. The zero-order valence-electron chi connectivity index (χ0n) is 13.3. The van der Waals surface area contributed by atoms with E-state index in [1.807, 2.05) is 42.5 Å². The number of para-hydroxylation sites is 1. The van der Waals surface area contributed by atoms with Crippen LogP contribution in [0, 0.1) is 5.82 Å². The van der Waals surface area contributed by atoms with Gasteiger partial charge < -0.3 is 10.4 Å². The average molecular weight is 330 g/mol. The van der Waals surface area contributed by atoms with Gasteiger partial charge in [0, 0.05) is 16.6 Å². The van der Waals surface area contributed by atoms with Gasteiger partial charge in [-0.15, -0.1) is 0 Å². The molecule has 0 unspecified atom stereocenters. The Kier molecular flexibility index (Phi) is 3.78. The second-order valence-electron chi connectivity index (χ2n) is 5.75. The summed E-state index contributed by atoms with van der Waals surface area (Å²) >= 11 is 0. The van der Waals surface area contributed by atoms with Crippen LogP contribution in [-0.2, 0) is 0 Å². The van der Waals surface area contributed by atoms with Gasteiger partial charge in [-0.2, -0.15) is 0 Å². The van der Waals surface area contributed by atoms with E-state index in [-0.39, 0.29) is 11.6 Å². The minimum Gasteiger partial charge on any atom is -0.508 e. The van der Waals surface area contributed by atoms with Crippen molar-refractivity contribution < 1.29 is 9.50 Å². The first-order valence-electron chi connectivity index (χ1n) is 7.91. The minimum absolute atomic E-state index is 0.220. The smallest absolute Gasteiger partial charge is 0.123 e. The van der Waals surface area contributed by atoms with Gasteiger partial charge in [0.1, 0.15) is 11.6 Å². The van der Waals surface area contributed by atoms with Gasteiger partial charge in [-0.05, 0) is 60.7 Å². The Bertz CT molecular complexity index is 1030. The highest BCUT2D eigenvalue weighted by atomic mass is 19.1. The van der Waals surface area contributed by atoms with Crippen LogP contribution in [0.5, 0.6) is 5.75 Å². The van der Waals surface area contributed by atoms with E-state index in [4.69, 9.17) is 0 Å². The van der Waals surface area contributed by atoms with Crippen LogP contribution in [0.2, 0.25) is 0 Å². The maximum absolute atomic E-state index is 13.2. The van der Waals surface area contributed by atoms with E-state index >= 15 is 0 Å². The largest absolute Gasteiger partial charge is 0.508 e. The zero-order valence-corrected chi connectivity index (χ0v) is 13.3. The fraction of sp³-hybridized carbons (Fsp3) is 0. The van der Waals surface area contributed by atoms with Gasteiger partial charge >= 0.3 is 0 Å². The number of phenolic OH excluding ortho intramolecular Hbond substituents is 1. The van der Waals surface area contributed by atoms with Crippen LogP contribution in [0.1, 0.15) is 0 Å². The summed E-state index contributed by atoms with van der Waals surface area (Å²) in [7, 11) is 0. The normalized spacial score (nSPS) is 10.8. The summed E-state index contributed by atoms with van der Waals surface area (Å²) in [5.74, 6) is -0.0517. The van der Waals surface area contributed by atoms with Crippen LogP contribution < -0.4 is 5.32 Å². The first kappa shape index (κ1) is 15.1. The van der Waals surface area contributed by atoms with Gasteiger partial charge in [0.25, 0.3) is 0 Å². The predicted octanol–water partition coefficient (Wildman–Crippen LogP) is 5.49. The number of halogens is 1. The molecule has 3 aromatic carbocycles. The zero-order chi connectivity index (χ0) is 17.2. The van der Waals surface area contributed by atoms with Crippen LogP contribution in [0.15, 0.2) is 78.9 Å². The van der Waals surface area contributed by atoms with Crippen molar-refractivity contribution in [2.45, 2.75) is 0 Å². The van der Waals surface area contributed by atoms with Gasteiger partial charge in [0.05, 0.1) is 16.9 Å². The van der Waals surface area contributed by atoms with Gasteiger partial charge in [-0.25, -0.2) is 9.37 Å². The maximum Gasteiger partial charge on any atom is 0.123 e. The molecule has 2 N–H and O–H groups in total. The number of hydrogen-bond acceptors (Lipinski definition) is 3. The van der Waals surface area contributed by atoms with Crippen LogP contribution >= 0.6 is 0 Å². The summed E-state index contributed by atoms with van der Waals surface area (Å²) in [6, 6.07) is 23.0. The highest BCUT2D eigenvalue weighted by molar-refractivity contribution is 5.95. The lowest BCUT2D eigenvalue weighted by Crippen LogP contribution is -1.95. The molecule has 0 atom stereocenters. The van der Waals surface area contributed by atoms with Crippen molar-refractivity contribution in [3.8, 4) is 17.0 Å². The Morgan fingerprint density at radius 1 is 0.840 bits per heavy atom. The molecule has 0 aliphatic rings. The number of nitrogens with zero attached hydrogens (tertiary/aromatic N) is 1. The molecule has 0 bridgehead atoms. The third kappa shape index (κ3) is 3.15. The molecule has 25 heavy (non-hydrogen) atoms. The van der Waals surface area contributed by atoms with E-state index in [0.29, 0.717) is 0 Å². The van der Waals surface area contributed by atoms with Crippen LogP contribution in [0.4, 0.5) is 15.8 Å². The molecule has 3 nitrogen and oxygen atoms in total. The molecule has 0 saturated carbocycles. The SMILES string of the molecule is Oc1ccc(Nc2cc(-c3ccc(F)cc3)nc3ccccc23)cc1. The molecule has 0 saturated heterocycles. The fourth-order valence-corrected chi connectivity index (χ4v) is 2.75. The first-order chi connectivity index (χ1) is 12.2. The van der Waals surface area contributed by atoms with Crippen molar-refractivity contribution in [1.29, 1.82) is 0 Å². The summed E-state index contributed by atoms with van der Waals surface area (Å²) in [6.45, 7) is 0. The number of aromatic hydroxyl groups is 1. The third-order valence-corrected chi connectivity index (χ3v) is 4.00. The summed E-state index contributed by atoms with van der Waals surface area (Å²) in [5.41, 5.74) is 4.22. The van der Waals surface area contributed by atoms with E-state index < -0.39 is 0 Å². The summed E-state index contributed by atoms with van der Waals surface area (Å²) in [5, 5.41) is 13.8. The van der Waals surface area contributed by atoms with E-state index in [2.05, 4.69) is 10.3 Å². The molecule has 4 heteroatoms. The second kappa shape index (κ2) is 6.24. The van der Waals surface area contributed by atoms with Crippen molar-refractivity contribution in [3.63, 3.8) is 0 Å². The Morgan fingerprint density at radius 3 is 2.32 bits per heavy atom. The van der Waals surface area contributed by atoms with Crippen molar-refractivity contribution in [2.75, 3.05) is 5.32 Å². The van der Waals surface area contributed by atoms with Crippen molar-refractivity contribution >= 4 is 22.3 Å². The Morgan fingerprint density at radius 2 is 1.56 bits per heavy atom. The fourth-order valence-electron chi connectivity index (χ4n) is 2.75. The lowest BCUT2D eigenvalue weighted by atomic mass is 10.1. The number of hydrogen-bond donors (Lipinski definition) is 2. The molecule has 0 fully saturated rings. The lowest BCUT2D eigenvalue weighted by Gasteiger charge is -2.12. The molecule has 1 heterocycles. The number of benzene rings is 3. The molecule has 0 aliphatic heterocycles. The predicted molar refractivity (Wildman–Crippen MR) is 98.5 cm³/mol. The van der Waals surface area contributed by atoms with Gasteiger partial charge in [0.15, 0.2) is 0 Å². The van der Waals surface area contributed by atoms with E-state index in [1.54, 1.807) is 24.3 Å². The molecule has 122 valence electrons. The molecular formula is C21H15FN2O. The van der Waals surface area contributed by atoms with Gasteiger partial charge in [0.2, 0.25) is 0 Å². The number of rotatable bonds is 3.